The van der Waals surface area contributed by atoms with Crippen LogP contribution in [0.3, 0.4) is 0 Å². The molecule has 0 bridgehead atoms. The number of thioether (sulfide) groups is 1. The lowest BCUT2D eigenvalue weighted by atomic mass is 9.97. The molecule has 1 aromatic heterocycles. The molecule has 0 unspecified atom stereocenters. The smallest absolute Gasteiger partial charge is 0.203 e. The van der Waals surface area contributed by atoms with Crippen molar-refractivity contribution in [1.82, 2.24) is 14.8 Å². The standard InChI is InChI=1S/C41H48N4O4S/c1-43-25-30(20-33(28-43)32-23-39(47-3)41(49-5)40(24-32)48-4)27-45(34-10-12-37(50-6)13-11-34)35-15-18-44(19-16-35)26-29-14-17-42-38(21-29)31-8-7-9-36(22-31)46-2/h7-14,17,20-25,35H,15-16,18-19,26-28H2,1-6H3. The van der Waals surface area contributed by atoms with Crippen LogP contribution in [0.25, 0.3) is 16.8 Å². The average molecular weight is 693 g/mol. The summed E-state index contributed by atoms with van der Waals surface area (Å²) in [6, 6.07) is 26.0. The van der Waals surface area contributed by atoms with Crippen LogP contribution >= 0.6 is 11.8 Å². The zero-order valence-electron chi connectivity index (χ0n) is 30.0. The van der Waals surface area contributed by atoms with Crippen LogP contribution < -0.4 is 23.8 Å². The molecule has 6 rings (SSSR count). The van der Waals surface area contributed by atoms with Crippen LogP contribution in [0.1, 0.15) is 24.0 Å². The molecule has 262 valence electrons. The number of rotatable bonds is 13. The number of methoxy groups -OCH3 is 4. The minimum Gasteiger partial charge on any atom is -0.497 e. The predicted molar refractivity (Wildman–Crippen MR) is 205 cm³/mol. The van der Waals surface area contributed by atoms with Gasteiger partial charge in [-0.25, -0.2) is 0 Å². The van der Waals surface area contributed by atoms with Gasteiger partial charge in [0.25, 0.3) is 0 Å². The van der Waals surface area contributed by atoms with Gasteiger partial charge in [-0.3, -0.25) is 9.88 Å². The molecule has 3 heterocycles. The van der Waals surface area contributed by atoms with Crippen LogP contribution in [-0.2, 0) is 6.54 Å². The van der Waals surface area contributed by atoms with Crippen molar-refractivity contribution in [2.75, 3.05) is 72.8 Å². The maximum Gasteiger partial charge on any atom is 0.203 e. The van der Waals surface area contributed by atoms with Crippen LogP contribution in [0.15, 0.2) is 102 Å². The second kappa shape index (κ2) is 16.4. The second-order valence-electron chi connectivity index (χ2n) is 12.8. The van der Waals surface area contributed by atoms with E-state index in [-0.39, 0.29) is 0 Å². The van der Waals surface area contributed by atoms with E-state index in [0.717, 1.165) is 68.1 Å². The Kier molecular flexibility index (Phi) is 11.6. The summed E-state index contributed by atoms with van der Waals surface area (Å²) in [5.74, 6) is 2.76. The van der Waals surface area contributed by atoms with Crippen LogP contribution in [0.2, 0.25) is 0 Å². The molecule has 8 nitrogen and oxygen atoms in total. The SMILES string of the molecule is COc1cccc(-c2cc(CN3CCC(N(CC4=CN(C)CC(c5cc(OC)c(OC)c(OC)c5)=C4)c4ccc(SC)cc4)CC3)ccn2)c1. The Hall–Kier alpha value is -4.60. The lowest BCUT2D eigenvalue weighted by Crippen LogP contribution is -2.45. The Bertz CT molecular complexity index is 1790. The normalized spacial score (nSPS) is 15.3. The molecule has 0 spiro atoms. The summed E-state index contributed by atoms with van der Waals surface area (Å²) in [6.07, 6.45) is 10.8. The highest BCUT2D eigenvalue weighted by Gasteiger charge is 2.27. The van der Waals surface area contributed by atoms with Gasteiger partial charge in [0.15, 0.2) is 11.5 Å². The maximum absolute atomic E-state index is 5.68. The maximum atomic E-state index is 5.68. The summed E-state index contributed by atoms with van der Waals surface area (Å²) in [5.41, 5.74) is 8.12. The number of ether oxygens (including phenoxy) is 4. The molecule has 0 amide bonds. The molecule has 0 N–H and O–H groups in total. The summed E-state index contributed by atoms with van der Waals surface area (Å²) in [7, 11) is 8.80. The van der Waals surface area contributed by atoms with Crippen molar-refractivity contribution in [2.24, 2.45) is 0 Å². The van der Waals surface area contributed by atoms with Crippen molar-refractivity contribution >= 4 is 23.0 Å². The predicted octanol–water partition coefficient (Wildman–Crippen LogP) is 7.89. The number of anilines is 1. The van der Waals surface area contributed by atoms with E-state index in [1.165, 1.54) is 27.3 Å². The molecule has 2 aliphatic rings. The molecule has 4 aromatic rings. The third-order valence-electron chi connectivity index (χ3n) is 9.55. The summed E-state index contributed by atoms with van der Waals surface area (Å²) in [5, 5.41) is 0. The molecule has 2 aliphatic heterocycles. The fourth-order valence-corrected chi connectivity index (χ4v) is 7.40. The van der Waals surface area contributed by atoms with Crippen LogP contribution in [0, 0.1) is 0 Å². The van der Waals surface area contributed by atoms with E-state index in [9.17, 15) is 0 Å². The summed E-state index contributed by atoms with van der Waals surface area (Å²) in [6.45, 7) is 4.58. The highest BCUT2D eigenvalue weighted by atomic mass is 32.2. The van der Waals surface area contributed by atoms with Gasteiger partial charge in [0.05, 0.1) is 34.1 Å². The summed E-state index contributed by atoms with van der Waals surface area (Å²) < 4.78 is 22.4. The minimum atomic E-state index is 0.419. The molecule has 1 fully saturated rings. The Morgan fingerprint density at radius 3 is 2.24 bits per heavy atom. The quantitative estimate of drug-likeness (QED) is 0.130. The van der Waals surface area contributed by atoms with Gasteiger partial charge in [0, 0.05) is 74.4 Å². The Balaban J connectivity index is 1.20. The molecule has 50 heavy (non-hydrogen) atoms. The molecular weight excluding hydrogens is 645 g/mol. The van der Waals surface area contributed by atoms with E-state index in [1.54, 1.807) is 40.2 Å². The van der Waals surface area contributed by atoms with Crippen molar-refractivity contribution in [3.63, 3.8) is 0 Å². The molecule has 9 heteroatoms. The number of hydrogen-bond donors (Lipinski definition) is 0. The molecule has 3 aromatic carbocycles. The van der Waals surface area contributed by atoms with E-state index in [1.807, 2.05) is 36.5 Å². The zero-order chi connectivity index (χ0) is 35.0. The van der Waals surface area contributed by atoms with Crippen molar-refractivity contribution in [3.05, 3.63) is 108 Å². The number of piperidine rings is 1. The van der Waals surface area contributed by atoms with Gasteiger partial charge in [0.1, 0.15) is 5.75 Å². The fourth-order valence-electron chi connectivity index (χ4n) is 6.99. The fraction of sp³-hybridized carbons (Fsp3) is 0.341. The molecule has 0 aliphatic carbocycles. The van der Waals surface area contributed by atoms with Gasteiger partial charge in [0.2, 0.25) is 5.75 Å². The zero-order valence-corrected chi connectivity index (χ0v) is 30.8. The second-order valence-corrected chi connectivity index (χ2v) is 13.7. The van der Waals surface area contributed by atoms with Gasteiger partial charge < -0.3 is 28.7 Å². The van der Waals surface area contributed by atoms with Gasteiger partial charge in [-0.2, -0.15) is 0 Å². The summed E-state index contributed by atoms with van der Waals surface area (Å²) >= 11 is 1.78. The van der Waals surface area contributed by atoms with Crippen molar-refractivity contribution in [2.45, 2.75) is 30.3 Å². The molecule has 0 saturated carbocycles. The van der Waals surface area contributed by atoms with Crippen LogP contribution in [0.4, 0.5) is 5.69 Å². The van der Waals surface area contributed by atoms with Gasteiger partial charge in [-0.15, -0.1) is 11.8 Å². The lowest BCUT2D eigenvalue weighted by molar-refractivity contribution is 0.202. The average Bonchev–Trinajstić information content (AvgIpc) is 3.16. The number of aromatic nitrogens is 1. The Morgan fingerprint density at radius 2 is 1.58 bits per heavy atom. The molecule has 0 radical (unpaired) electrons. The number of pyridine rings is 1. The third kappa shape index (κ3) is 8.22. The Labute approximate surface area is 301 Å². The molecular formula is C41H48N4O4S. The van der Waals surface area contributed by atoms with Crippen molar-refractivity contribution in [3.8, 4) is 34.3 Å². The van der Waals surface area contributed by atoms with Gasteiger partial charge >= 0.3 is 0 Å². The first-order chi connectivity index (χ1) is 24.4. The van der Waals surface area contributed by atoms with Crippen LogP contribution in [0.5, 0.6) is 23.0 Å². The first-order valence-corrected chi connectivity index (χ1v) is 18.3. The summed E-state index contributed by atoms with van der Waals surface area (Å²) in [4.78, 5) is 13.4. The first kappa shape index (κ1) is 35.2. The molecule has 1 saturated heterocycles. The minimum absolute atomic E-state index is 0.419. The Morgan fingerprint density at radius 1 is 0.840 bits per heavy atom. The number of hydrogen-bond acceptors (Lipinski definition) is 9. The van der Waals surface area contributed by atoms with E-state index < -0.39 is 0 Å². The van der Waals surface area contributed by atoms with Crippen molar-refractivity contribution < 1.29 is 18.9 Å². The van der Waals surface area contributed by atoms with Crippen molar-refractivity contribution in [1.29, 1.82) is 0 Å². The largest absolute Gasteiger partial charge is 0.497 e. The van der Waals surface area contributed by atoms with E-state index in [4.69, 9.17) is 18.9 Å². The number of likely N-dealkylation sites (N-methyl/N-ethyl adjacent to an activating group) is 1. The van der Waals surface area contributed by atoms with Crippen LogP contribution in [-0.4, -0.2) is 88.7 Å². The monoisotopic (exact) mass is 692 g/mol. The highest BCUT2D eigenvalue weighted by Crippen LogP contribution is 2.41. The van der Waals surface area contributed by atoms with Gasteiger partial charge in [-0.1, -0.05) is 18.2 Å². The number of nitrogens with zero attached hydrogens (tertiary/aromatic N) is 4. The number of benzene rings is 3. The topological polar surface area (TPSA) is 59.5 Å². The molecule has 0 atom stereocenters. The van der Waals surface area contributed by atoms with E-state index >= 15 is 0 Å². The lowest BCUT2D eigenvalue weighted by Gasteiger charge is -2.40. The van der Waals surface area contributed by atoms with Gasteiger partial charge in [-0.05, 0) is 102 Å². The van der Waals surface area contributed by atoms with E-state index in [2.05, 4.69) is 87.7 Å². The third-order valence-corrected chi connectivity index (χ3v) is 10.3. The number of likely N-dealkylation sites (tertiary alicyclic amines) is 1. The first-order valence-electron chi connectivity index (χ1n) is 17.1. The highest BCUT2D eigenvalue weighted by molar-refractivity contribution is 7.98. The van der Waals surface area contributed by atoms with E-state index in [0.29, 0.717) is 23.3 Å².